The molecule has 0 spiro atoms. The fraction of sp³-hybridized carbons (Fsp3) is 0.375. The molecule has 0 saturated carbocycles. The van der Waals surface area contributed by atoms with Crippen molar-refractivity contribution in [3.63, 3.8) is 0 Å². The van der Waals surface area contributed by atoms with Crippen LogP contribution >= 0.6 is 11.8 Å². The Bertz CT molecular complexity index is 1020. The SMILES string of the molecule is Cc1ccc(CSC2NC(=O)C3C(NC4=C(C(=O)CCC4)C3c3ccncc3)N2)cc1. The summed E-state index contributed by atoms with van der Waals surface area (Å²) in [5.41, 5.74) is 5.01. The molecule has 3 N–H and O–H groups in total. The van der Waals surface area contributed by atoms with Crippen LogP contribution < -0.4 is 16.0 Å². The van der Waals surface area contributed by atoms with E-state index in [0.717, 1.165) is 35.4 Å². The Balaban J connectivity index is 1.40. The highest BCUT2D eigenvalue weighted by molar-refractivity contribution is 7.99. The number of benzene rings is 1. The number of hydrogen-bond donors (Lipinski definition) is 3. The average molecular weight is 435 g/mol. The third-order valence-corrected chi connectivity index (χ3v) is 7.41. The molecule has 3 heterocycles. The van der Waals surface area contributed by atoms with Crippen LogP contribution in [0.15, 0.2) is 60.1 Å². The molecule has 1 aromatic carbocycles. The zero-order chi connectivity index (χ0) is 21.4. The van der Waals surface area contributed by atoms with Crippen LogP contribution in [0.1, 0.15) is 41.9 Å². The van der Waals surface area contributed by atoms with E-state index in [1.165, 1.54) is 11.1 Å². The zero-order valence-corrected chi connectivity index (χ0v) is 18.2. The highest BCUT2D eigenvalue weighted by Gasteiger charge is 2.49. The van der Waals surface area contributed by atoms with Crippen LogP contribution in [0.3, 0.4) is 0 Å². The maximum atomic E-state index is 13.3. The third-order valence-electron chi connectivity index (χ3n) is 6.32. The van der Waals surface area contributed by atoms with Gasteiger partial charge in [0.2, 0.25) is 5.91 Å². The number of hydrogen-bond acceptors (Lipinski definition) is 6. The minimum Gasteiger partial charge on any atom is -0.372 e. The molecular formula is C24H26N4O2S. The quantitative estimate of drug-likeness (QED) is 0.686. The minimum absolute atomic E-state index is 0.0237. The average Bonchev–Trinajstić information content (AvgIpc) is 2.78. The minimum atomic E-state index is -0.389. The van der Waals surface area contributed by atoms with Crippen molar-refractivity contribution < 1.29 is 9.59 Å². The van der Waals surface area contributed by atoms with Crippen molar-refractivity contribution in [3.05, 3.63) is 76.8 Å². The van der Waals surface area contributed by atoms with Crippen LogP contribution in [-0.4, -0.2) is 28.3 Å². The van der Waals surface area contributed by atoms with E-state index in [-0.39, 0.29) is 35.2 Å². The van der Waals surface area contributed by atoms with E-state index in [9.17, 15) is 9.59 Å². The summed E-state index contributed by atoms with van der Waals surface area (Å²) in [5.74, 6) is 0.282. The number of thioether (sulfide) groups is 1. The Hall–Kier alpha value is -2.64. The number of carbonyl (C=O) groups is 2. The van der Waals surface area contributed by atoms with Crippen LogP contribution in [-0.2, 0) is 15.3 Å². The molecule has 0 radical (unpaired) electrons. The molecule has 1 amide bonds. The monoisotopic (exact) mass is 434 g/mol. The van der Waals surface area contributed by atoms with Gasteiger partial charge in [0.1, 0.15) is 5.50 Å². The highest BCUT2D eigenvalue weighted by atomic mass is 32.2. The number of carbonyl (C=O) groups excluding carboxylic acids is 2. The smallest absolute Gasteiger partial charge is 0.229 e. The second kappa shape index (κ2) is 8.48. The van der Waals surface area contributed by atoms with Crippen LogP contribution in [0.2, 0.25) is 0 Å². The molecule has 1 aliphatic carbocycles. The van der Waals surface area contributed by atoms with Crippen molar-refractivity contribution in [2.75, 3.05) is 0 Å². The van der Waals surface area contributed by atoms with E-state index in [1.807, 2.05) is 12.1 Å². The molecule has 6 nitrogen and oxygen atoms in total. The summed E-state index contributed by atoms with van der Waals surface area (Å²) in [6.07, 6.45) is 5.48. The lowest BCUT2D eigenvalue weighted by Crippen LogP contribution is -2.67. The predicted octanol–water partition coefficient (Wildman–Crippen LogP) is 2.96. The summed E-state index contributed by atoms with van der Waals surface area (Å²) in [6.45, 7) is 2.08. The lowest BCUT2D eigenvalue weighted by Gasteiger charge is -2.47. The molecule has 5 rings (SSSR count). The summed E-state index contributed by atoms with van der Waals surface area (Å²) in [4.78, 5) is 30.3. The Morgan fingerprint density at radius 2 is 1.81 bits per heavy atom. The van der Waals surface area contributed by atoms with Crippen molar-refractivity contribution in [1.29, 1.82) is 0 Å². The van der Waals surface area contributed by atoms with Gasteiger partial charge in [-0.1, -0.05) is 29.8 Å². The maximum Gasteiger partial charge on any atom is 0.229 e. The van der Waals surface area contributed by atoms with Crippen molar-refractivity contribution >= 4 is 23.5 Å². The lowest BCUT2D eigenvalue weighted by atomic mass is 9.71. The standard InChI is InChI=1S/C24H26N4O2S/c1-14-5-7-15(8-6-14)13-31-24-27-22-21(23(30)28-24)19(16-9-11-25-12-10-16)20-17(26-22)3-2-4-18(20)29/h5-12,19,21-22,24,26-27H,2-4,13H2,1H3,(H,28,30). The number of rotatable bonds is 4. The molecule has 1 aromatic heterocycles. The van der Waals surface area contributed by atoms with Crippen molar-refractivity contribution in [3.8, 4) is 0 Å². The molecule has 4 unspecified atom stereocenters. The fourth-order valence-corrected chi connectivity index (χ4v) is 5.79. The Labute approximate surface area is 186 Å². The second-order valence-corrected chi connectivity index (χ2v) is 9.52. The summed E-state index contributed by atoms with van der Waals surface area (Å²) >= 11 is 1.67. The van der Waals surface area contributed by atoms with Gasteiger partial charge in [-0.25, -0.2) is 0 Å². The van der Waals surface area contributed by atoms with Crippen LogP contribution in [0.4, 0.5) is 0 Å². The molecule has 1 fully saturated rings. The van der Waals surface area contributed by atoms with Gasteiger partial charge in [0.25, 0.3) is 0 Å². The molecule has 2 aliphatic heterocycles. The molecular weight excluding hydrogens is 408 g/mol. The Kier molecular flexibility index (Phi) is 5.54. The van der Waals surface area contributed by atoms with E-state index in [4.69, 9.17) is 0 Å². The van der Waals surface area contributed by atoms with Gasteiger partial charge >= 0.3 is 0 Å². The number of ketones is 1. The summed E-state index contributed by atoms with van der Waals surface area (Å²) in [7, 11) is 0. The Morgan fingerprint density at radius 1 is 1.03 bits per heavy atom. The van der Waals surface area contributed by atoms with Crippen molar-refractivity contribution in [2.24, 2.45) is 5.92 Å². The molecule has 2 aromatic rings. The Morgan fingerprint density at radius 3 is 2.58 bits per heavy atom. The number of nitrogens with zero attached hydrogens (tertiary/aromatic N) is 1. The van der Waals surface area contributed by atoms with E-state index >= 15 is 0 Å². The molecule has 1 saturated heterocycles. The highest BCUT2D eigenvalue weighted by Crippen LogP contribution is 2.43. The first-order valence-electron chi connectivity index (χ1n) is 10.8. The largest absolute Gasteiger partial charge is 0.372 e. The zero-order valence-electron chi connectivity index (χ0n) is 17.4. The molecule has 4 atom stereocenters. The number of allylic oxidation sites excluding steroid dienone is 2. The van der Waals surface area contributed by atoms with Crippen LogP contribution in [0.5, 0.6) is 0 Å². The number of pyridine rings is 1. The molecule has 7 heteroatoms. The summed E-state index contributed by atoms with van der Waals surface area (Å²) in [5, 5.41) is 10.2. The van der Waals surface area contributed by atoms with Gasteiger partial charge in [-0.15, -0.1) is 11.8 Å². The first-order valence-corrected chi connectivity index (χ1v) is 11.8. The predicted molar refractivity (Wildman–Crippen MR) is 121 cm³/mol. The molecule has 0 bridgehead atoms. The number of fused-ring (bicyclic) bond motifs is 1. The number of Topliss-reactive ketones (excluding diaryl/α,β-unsaturated/α-hetero) is 1. The molecule has 3 aliphatic rings. The van der Waals surface area contributed by atoms with E-state index in [2.05, 4.69) is 52.1 Å². The first kappa shape index (κ1) is 20.3. The number of nitrogens with one attached hydrogen (secondary N) is 3. The van der Waals surface area contributed by atoms with Gasteiger partial charge in [0.15, 0.2) is 5.78 Å². The molecule has 31 heavy (non-hydrogen) atoms. The third kappa shape index (κ3) is 4.00. The van der Waals surface area contributed by atoms with Gasteiger partial charge in [-0.3, -0.25) is 19.9 Å². The topological polar surface area (TPSA) is 83.1 Å². The van der Waals surface area contributed by atoms with E-state index in [0.29, 0.717) is 6.42 Å². The number of aryl methyl sites for hydroxylation is 1. The number of aromatic nitrogens is 1. The fourth-order valence-electron chi connectivity index (χ4n) is 4.80. The first-order chi connectivity index (χ1) is 15.1. The van der Waals surface area contributed by atoms with Crippen molar-refractivity contribution in [2.45, 2.75) is 49.5 Å². The lowest BCUT2D eigenvalue weighted by molar-refractivity contribution is -0.130. The number of amides is 1. The van der Waals surface area contributed by atoms with Crippen molar-refractivity contribution in [1.82, 2.24) is 20.9 Å². The van der Waals surface area contributed by atoms with Gasteiger partial charge in [0.05, 0.1) is 12.1 Å². The van der Waals surface area contributed by atoms with E-state index in [1.54, 1.807) is 24.2 Å². The normalized spacial score (nSPS) is 27.8. The molecule has 160 valence electrons. The van der Waals surface area contributed by atoms with Crippen LogP contribution in [0, 0.1) is 12.8 Å². The second-order valence-electron chi connectivity index (χ2n) is 8.43. The summed E-state index contributed by atoms with van der Waals surface area (Å²) < 4.78 is 0. The van der Waals surface area contributed by atoms with Crippen LogP contribution in [0.25, 0.3) is 0 Å². The van der Waals surface area contributed by atoms with Gasteiger partial charge in [-0.05, 0) is 43.0 Å². The van der Waals surface area contributed by atoms with E-state index < -0.39 is 0 Å². The van der Waals surface area contributed by atoms with Gasteiger partial charge in [0, 0.05) is 41.8 Å². The maximum absolute atomic E-state index is 13.3. The summed E-state index contributed by atoms with van der Waals surface area (Å²) in [6, 6.07) is 12.3. The van der Waals surface area contributed by atoms with Gasteiger partial charge < -0.3 is 10.6 Å². The van der Waals surface area contributed by atoms with Gasteiger partial charge in [-0.2, -0.15) is 0 Å².